The van der Waals surface area contributed by atoms with E-state index >= 15 is 0 Å². The zero-order valence-corrected chi connectivity index (χ0v) is 21.6. The summed E-state index contributed by atoms with van der Waals surface area (Å²) in [6.45, 7) is 2.30. The van der Waals surface area contributed by atoms with Gasteiger partial charge in [0.05, 0.1) is 28.0 Å². The van der Waals surface area contributed by atoms with E-state index in [4.69, 9.17) is 0 Å². The fraction of sp³-hybridized carbons (Fsp3) is 0.480. The second kappa shape index (κ2) is 10.1. The Bertz CT molecular complexity index is 1230. The van der Waals surface area contributed by atoms with E-state index in [-0.39, 0.29) is 29.0 Å². The van der Waals surface area contributed by atoms with Crippen molar-refractivity contribution in [1.29, 1.82) is 0 Å². The Balaban J connectivity index is 1.47. The molecule has 1 saturated heterocycles. The Morgan fingerprint density at radius 1 is 1.11 bits per heavy atom. The molecule has 8 nitrogen and oxygen atoms in total. The van der Waals surface area contributed by atoms with Crippen molar-refractivity contribution >= 4 is 44.5 Å². The number of thiophene rings is 1. The summed E-state index contributed by atoms with van der Waals surface area (Å²) in [7, 11) is -3.45. The first-order valence-corrected chi connectivity index (χ1v) is 14.6. The SMILES string of the molecule is Cc1ccsc1C(=O)NC1(C(=O)NC2CCN(c3ccccc3S(C)(=O)=O)CC2=O)CCCCC1. The number of Topliss-reactive ketones (excluding diaryl/α,β-unsaturated/α-hetero) is 1. The summed E-state index contributed by atoms with van der Waals surface area (Å²) in [5.74, 6) is -0.754. The second-order valence-corrected chi connectivity index (χ2v) is 12.4. The molecular weight excluding hydrogens is 486 g/mol. The molecule has 1 saturated carbocycles. The maximum absolute atomic E-state index is 13.5. The van der Waals surface area contributed by atoms with Crippen molar-refractivity contribution in [3.63, 3.8) is 0 Å². The maximum Gasteiger partial charge on any atom is 0.262 e. The van der Waals surface area contributed by atoms with Crippen molar-refractivity contribution in [2.75, 3.05) is 24.2 Å². The Kier molecular flexibility index (Phi) is 7.32. The van der Waals surface area contributed by atoms with E-state index in [0.29, 0.717) is 36.4 Å². The first kappa shape index (κ1) is 25.4. The van der Waals surface area contributed by atoms with E-state index in [1.807, 2.05) is 18.4 Å². The van der Waals surface area contributed by atoms with Crippen molar-refractivity contribution in [3.8, 4) is 0 Å². The molecular formula is C25H31N3O5S2. The number of piperidine rings is 1. The zero-order chi connectivity index (χ0) is 25.2. The van der Waals surface area contributed by atoms with E-state index in [0.717, 1.165) is 31.1 Å². The van der Waals surface area contributed by atoms with E-state index in [9.17, 15) is 22.8 Å². The van der Waals surface area contributed by atoms with Crippen LogP contribution in [0.1, 0.15) is 53.8 Å². The van der Waals surface area contributed by atoms with Gasteiger partial charge in [-0.2, -0.15) is 0 Å². The number of hydrogen-bond donors (Lipinski definition) is 2. The number of amides is 2. The molecule has 2 N–H and O–H groups in total. The van der Waals surface area contributed by atoms with Gasteiger partial charge in [-0.05, 0) is 55.3 Å². The summed E-state index contributed by atoms with van der Waals surface area (Å²) in [6, 6.07) is 7.83. The molecule has 188 valence electrons. The first-order valence-electron chi connectivity index (χ1n) is 11.8. The van der Waals surface area contributed by atoms with Crippen molar-refractivity contribution in [2.24, 2.45) is 0 Å². The molecule has 1 aromatic heterocycles. The van der Waals surface area contributed by atoms with Crippen LogP contribution in [-0.4, -0.2) is 56.9 Å². The summed E-state index contributed by atoms with van der Waals surface area (Å²) in [4.78, 5) is 42.0. The number of nitrogens with zero attached hydrogens (tertiary/aromatic N) is 1. The third-order valence-corrected chi connectivity index (χ3v) is 9.06. The van der Waals surface area contributed by atoms with Gasteiger partial charge in [0.2, 0.25) is 5.91 Å². The van der Waals surface area contributed by atoms with Gasteiger partial charge in [-0.1, -0.05) is 31.4 Å². The average molecular weight is 518 g/mol. The lowest BCUT2D eigenvalue weighted by Gasteiger charge is -2.39. The molecule has 0 bridgehead atoms. The van der Waals surface area contributed by atoms with Crippen LogP contribution >= 0.6 is 11.3 Å². The molecule has 1 aromatic carbocycles. The van der Waals surface area contributed by atoms with E-state index < -0.39 is 21.4 Å². The molecule has 1 atom stereocenters. The van der Waals surface area contributed by atoms with Crippen LogP contribution in [0.3, 0.4) is 0 Å². The van der Waals surface area contributed by atoms with E-state index in [1.54, 1.807) is 23.1 Å². The van der Waals surface area contributed by atoms with E-state index in [1.165, 1.54) is 17.4 Å². The minimum atomic E-state index is -3.45. The lowest BCUT2D eigenvalue weighted by Crippen LogP contribution is -2.63. The zero-order valence-electron chi connectivity index (χ0n) is 20.0. The van der Waals surface area contributed by atoms with Gasteiger partial charge in [0.1, 0.15) is 5.54 Å². The number of sulfone groups is 1. The Morgan fingerprint density at radius 2 is 1.83 bits per heavy atom. The fourth-order valence-corrected chi connectivity index (χ4v) is 6.68. The molecule has 1 aliphatic heterocycles. The summed E-state index contributed by atoms with van der Waals surface area (Å²) < 4.78 is 24.4. The van der Waals surface area contributed by atoms with Crippen molar-refractivity contribution in [2.45, 2.75) is 61.9 Å². The quantitative estimate of drug-likeness (QED) is 0.609. The number of carbonyl (C=O) groups excluding carboxylic acids is 3. The van der Waals surface area contributed by atoms with Crippen LogP contribution in [0.5, 0.6) is 0 Å². The van der Waals surface area contributed by atoms with Gasteiger partial charge in [-0.3, -0.25) is 14.4 Å². The lowest BCUT2D eigenvalue weighted by atomic mass is 9.80. The summed E-state index contributed by atoms with van der Waals surface area (Å²) in [5.41, 5.74) is 0.331. The van der Waals surface area contributed by atoms with Crippen molar-refractivity contribution < 1.29 is 22.8 Å². The highest BCUT2D eigenvalue weighted by Gasteiger charge is 2.43. The molecule has 2 heterocycles. The van der Waals surface area contributed by atoms with Crippen LogP contribution in [0.25, 0.3) is 0 Å². The minimum absolute atomic E-state index is 0.00519. The van der Waals surface area contributed by atoms with Gasteiger partial charge in [-0.25, -0.2) is 8.42 Å². The normalized spacial score (nSPS) is 20.3. The number of aryl methyl sites for hydroxylation is 1. The number of ketones is 1. The summed E-state index contributed by atoms with van der Waals surface area (Å²) >= 11 is 1.35. The Labute approximate surface area is 210 Å². The van der Waals surface area contributed by atoms with E-state index in [2.05, 4.69) is 10.6 Å². The number of para-hydroxylation sites is 1. The maximum atomic E-state index is 13.5. The fourth-order valence-electron chi connectivity index (χ4n) is 4.95. The van der Waals surface area contributed by atoms with Gasteiger partial charge in [0.25, 0.3) is 5.91 Å². The summed E-state index contributed by atoms with van der Waals surface area (Å²) in [6.07, 6.45) is 5.22. The molecule has 1 unspecified atom stereocenters. The second-order valence-electron chi connectivity index (χ2n) is 9.47. The third kappa shape index (κ3) is 5.43. The molecule has 35 heavy (non-hydrogen) atoms. The standard InChI is InChI=1S/C25H31N3O5S2/c1-17-11-15-34-22(17)23(30)27-25(12-6-3-7-13-25)24(31)26-18-10-14-28(16-20(18)29)19-8-4-5-9-21(19)35(2,32)33/h4-5,8-9,11,15,18H,3,6-7,10,12-14,16H2,1-2H3,(H,26,31)(H,27,30). The first-order chi connectivity index (χ1) is 16.6. The van der Waals surface area contributed by atoms with Crippen LogP contribution < -0.4 is 15.5 Å². The number of hydrogen-bond acceptors (Lipinski definition) is 7. The number of nitrogens with one attached hydrogen (secondary N) is 2. The molecule has 4 rings (SSSR count). The molecule has 2 aromatic rings. The van der Waals surface area contributed by atoms with Crippen LogP contribution in [0.4, 0.5) is 5.69 Å². The van der Waals surface area contributed by atoms with Crippen LogP contribution in [-0.2, 0) is 19.4 Å². The van der Waals surface area contributed by atoms with Gasteiger partial charge in [0.15, 0.2) is 15.6 Å². The molecule has 0 radical (unpaired) electrons. The highest BCUT2D eigenvalue weighted by molar-refractivity contribution is 7.90. The average Bonchev–Trinajstić information content (AvgIpc) is 3.26. The van der Waals surface area contributed by atoms with Crippen molar-refractivity contribution in [3.05, 3.63) is 46.2 Å². The summed E-state index contributed by atoms with van der Waals surface area (Å²) in [5, 5.41) is 7.78. The predicted octanol–water partition coefficient (Wildman–Crippen LogP) is 2.86. The molecule has 1 aliphatic carbocycles. The molecule has 2 aliphatic rings. The number of benzene rings is 1. The minimum Gasteiger partial charge on any atom is -0.363 e. The Morgan fingerprint density at radius 3 is 2.46 bits per heavy atom. The largest absolute Gasteiger partial charge is 0.363 e. The van der Waals surface area contributed by atoms with Gasteiger partial charge in [0, 0.05) is 12.8 Å². The highest BCUT2D eigenvalue weighted by Crippen LogP contribution is 2.31. The molecule has 0 spiro atoms. The van der Waals surface area contributed by atoms with Crippen LogP contribution in [0, 0.1) is 6.92 Å². The highest BCUT2D eigenvalue weighted by atomic mass is 32.2. The number of rotatable bonds is 6. The number of anilines is 1. The predicted molar refractivity (Wildman–Crippen MR) is 136 cm³/mol. The van der Waals surface area contributed by atoms with Crippen molar-refractivity contribution in [1.82, 2.24) is 10.6 Å². The van der Waals surface area contributed by atoms with Crippen LogP contribution in [0.2, 0.25) is 0 Å². The molecule has 2 fully saturated rings. The smallest absolute Gasteiger partial charge is 0.262 e. The van der Waals surface area contributed by atoms with Crippen LogP contribution in [0.15, 0.2) is 40.6 Å². The third-order valence-electron chi connectivity index (χ3n) is 6.90. The number of carbonyl (C=O) groups is 3. The monoisotopic (exact) mass is 517 g/mol. The van der Waals surface area contributed by atoms with Gasteiger partial charge in [-0.15, -0.1) is 11.3 Å². The molecule has 2 amide bonds. The Hall–Kier alpha value is -2.72. The van der Waals surface area contributed by atoms with Gasteiger partial charge < -0.3 is 15.5 Å². The lowest BCUT2D eigenvalue weighted by molar-refractivity contribution is -0.133. The topological polar surface area (TPSA) is 113 Å². The molecule has 10 heteroatoms. The van der Waals surface area contributed by atoms with Gasteiger partial charge >= 0.3 is 0 Å².